The molecule has 5 nitrogen and oxygen atoms in total. The zero-order chi connectivity index (χ0) is 13.1. The molecule has 1 aromatic heterocycles. The van der Waals surface area contributed by atoms with Crippen LogP contribution >= 0.6 is 11.8 Å². The highest BCUT2D eigenvalue weighted by Gasteiger charge is 2.28. The van der Waals surface area contributed by atoms with Gasteiger partial charge in [-0.25, -0.2) is 4.98 Å². The molecule has 2 saturated heterocycles. The summed E-state index contributed by atoms with van der Waals surface area (Å²) in [7, 11) is 0. The molecule has 3 heterocycles. The van der Waals surface area contributed by atoms with Crippen LogP contribution in [-0.4, -0.2) is 69.4 Å². The molecule has 0 saturated carbocycles. The van der Waals surface area contributed by atoms with Gasteiger partial charge in [-0.2, -0.15) is 11.8 Å². The number of nitrogens with zero attached hydrogens (tertiary/aromatic N) is 3. The molecule has 2 aliphatic heterocycles. The van der Waals surface area contributed by atoms with Gasteiger partial charge >= 0.3 is 0 Å². The lowest BCUT2D eigenvalue weighted by atomic mass is 10.0. The number of aromatic nitrogens is 2. The SMILES string of the molecule is O=C(c1ncc[nH]1)N1CCC(N2CCSCC2)CC1. The fraction of sp³-hybridized carbons (Fsp3) is 0.692. The molecule has 1 aromatic rings. The number of rotatable bonds is 2. The maximum atomic E-state index is 12.2. The molecule has 0 bridgehead atoms. The van der Waals surface area contributed by atoms with Gasteiger partial charge in [-0.15, -0.1) is 0 Å². The summed E-state index contributed by atoms with van der Waals surface area (Å²) >= 11 is 2.05. The molecule has 0 radical (unpaired) electrons. The second-order valence-corrected chi connectivity index (χ2v) is 6.33. The highest BCUT2D eigenvalue weighted by atomic mass is 32.2. The van der Waals surface area contributed by atoms with Crippen molar-refractivity contribution in [3.05, 3.63) is 18.2 Å². The maximum absolute atomic E-state index is 12.2. The lowest BCUT2D eigenvalue weighted by molar-refractivity contribution is 0.0620. The van der Waals surface area contributed by atoms with Crippen molar-refractivity contribution >= 4 is 17.7 Å². The molecular formula is C13H20N4OS. The number of carbonyl (C=O) groups excluding carboxylic acids is 1. The second-order valence-electron chi connectivity index (χ2n) is 5.11. The van der Waals surface area contributed by atoms with Crippen molar-refractivity contribution in [3.8, 4) is 0 Å². The summed E-state index contributed by atoms with van der Waals surface area (Å²) in [5, 5.41) is 0. The van der Waals surface area contributed by atoms with Gasteiger partial charge in [0.1, 0.15) is 0 Å². The number of likely N-dealkylation sites (tertiary alicyclic amines) is 1. The topological polar surface area (TPSA) is 52.2 Å². The lowest BCUT2D eigenvalue weighted by Gasteiger charge is -2.39. The first-order valence-electron chi connectivity index (χ1n) is 6.95. The molecule has 0 atom stereocenters. The van der Waals surface area contributed by atoms with Crippen LogP contribution in [0, 0.1) is 0 Å². The quantitative estimate of drug-likeness (QED) is 0.880. The zero-order valence-corrected chi connectivity index (χ0v) is 11.9. The number of piperidine rings is 1. The van der Waals surface area contributed by atoms with Crippen molar-refractivity contribution in [3.63, 3.8) is 0 Å². The van der Waals surface area contributed by atoms with Crippen molar-refractivity contribution in [1.82, 2.24) is 19.8 Å². The van der Waals surface area contributed by atoms with Crippen LogP contribution in [0.2, 0.25) is 0 Å². The summed E-state index contributed by atoms with van der Waals surface area (Å²) in [6.07, 6.45) is 5.52. The average Bonchev–Trinajstić information content (AvgIpc) is 3.02. The second kappa shape index (κ2) is 5.96. The Morgan fingerprint density at radius 1 is 1.26 bits per heavy atom. The Morgan fingerprint density at radius 3 is 2.63 bits per heavy atom. The van der Waals surface area contributed by atoms with E-state index >= 15 is 0 Å². The minimum absolute atomic E-state index is 0.0395. The molecule has 104 valence electrons. The molecule has 3 rings (SSSR count). The molecule has 0 unspecified atom stereocenters. The molecule has 0 aromatic carbocycles. The first kappa shape index (κ1) is 13.0. The van der Waals surface area contributed by atoms with E-state index in [4.69, 9.17) is 0 Å². The maximum Gasteiger partial charge on any atom is 0.289 e. The Labute approximate surface area is 117 Å². The molecule has 1 N–H and O–H groups in total. The Balaban J connectivity index is 1.53. The summed E-state index contributed by atoms with van der Waals surface area (Å²) in [5.74, 6) is 3.02. The van der Waals surface area contributed by atoms with Gasteiger partial charge in [0.15, 0.2) is 5.82 Å². The Bertz CT molecular complexity index is 408. The lowest BCUT2D eigenvalue weighted by Crippen LogP contribution is -2.49. The Morgan fingerprint density at radius 2 is 2.00 bits per heavy atom. The molecule has 2 aliphatic rings. The van der Waals surface area contributed by atoms with E-state index in [1.54, 1.807) is 12.4 Å². The fourth-order valence-corrected chi connectivity index (χ4v) is 3.84. The summed E-state index contributed by atoms with van der Waals surface area (Å²) in [6.45, 7) is 4.13. The Hall–Kier alpha value is -1.01. The highest BCUT2D eigenvalue weighted by Crippen LogP contribution is 2.21. The minimum Gasteiger partial charge on any atom is -0.341 e. The molecular weight excluding hydrogens is 260 g/mol. The van der Waals surface area contributed by atoms with E-state index in [0.29, 0.717) is 11.9 Å². The van der Waals surface area contributed by atoms with E-state index < -0.39 is 0 Å². The largest absolute Gasteiger partial charge is 0.341 e. The fourth-order valence-electron chi connectivity index (χ4n) is 2.91. The van der Waals surface area contributed by atoms with E-state index in [1.165, 1.54) is 24.6 Å². The summed E-state index contributed by atoms with van der Waals surface area (Å²) in [4.78, 5) is 23.6. The van der Waals surface area contributed by atoms with Crippen molar-refractivity contribution < 1.29 is 4.79 Å². The van der Waals surface area contributed by atoms with Crippen LogP contribution in [-0.2, 0) is 0 Å². The molecule has 6 heteroatoms. The van der Waals surface area contributed by atoms with Crippen LogP contribution in [0.25, 0.3) is 0 Å². The normalized spacial score (nSPS) is 22.6. The van der Waals surface area contributed by atoms with Crippen LogP contribution < -0.4 is 0 Å². The average molecular weight is 280 g/mol. The van der Waals surface area contributed by atoms with Crippen LogP contribution in [0.1, 0.15) is 23.5 Å². The molecule has 2 fully saturated rings. The third kappa shape index (κ3) is 2.95. The molecule has 19 heavy (non-hydrogen) atoms. The summed E-state index contributed by atoms with van der Waals surface area (Å²) in [5.41, 5.74) is 0. The summed E-state index contributed by atoms with van der Waals surface area (Å²) < 4.78 is 0. The number of amides is 1. The van der Waals surface area contributed by atoms with E-state index in [-0.39, 0.29) is 5.91 Å². The third-order valence-electron chi connectivity index (χ3n) is 4.01. The van der Waals surface area contributed by atoms with Gasteiger partial charge in [0.05, 0.1) is 0 Å². The van der Waals surface area contributed by atoms with E-state index in [1.807, 2.05) is 16.7 Å². The number of aromatic amines is 1. The van der Waals surface area contributed by atoms with Crippen LogP contribution in [0.3, 0.4) is 0 Å². The number of carbonyl (C=O) groups is 1. The first-order chi connectivity index (χ1) is 9.34. The first-order valence-corrected chi connectivity index (χ1v) is 8.10. The number of hydrogen-bond donors (Lipinski definition) is 1. The monoisotopic (exact) mass is 280 g/mol. The molecule has 0 spiro atoms. The van der Waals surface area contributed by atoms with Crippen LogP contribution in [0.4, 0.5) is 0 Å². The standard InChI is InChI=1S/C13H20N4OS/c18-13(12-14-3-4-15-12)17-5-1-11(2-6-17)16-7-9-19-10-8-16/h3-4,11H,1-2,5-10H2,(H,14,15). The van der Waals surface area contributed by atoms with Gasteiger partial charge < -0.3 is 9.88 Å². The van der Waals surface area contributed by atoms with E-state index in [2.05, 4.69) is 14.9 Å². The number of nitrogens with one attached hydrogen (secondary N) is 1. The minimum atomic E-state index is 0.0395. The summed E-state index contributed by atoms with van der Waals surface area (Å²) in [6, 6.07) is 0.668. The Kier molecular flexibility index (Phi) is 4.08. The zero-order valence-electron chi connectivity index (χ0n) is 11.0. The van der Waals surface area contributed by atoms with Crippen molar-refractivity contribution in [2.45, 2.75) is 18.9 Å². The van der Waals surface area contributed by atoms with Gasteiger partial charge in [0, 0.05) is 56.1 Å². The number of imidazole rings is 1. The number of H-pyrrole nitrogens is 1. The van der Waals surface area contributed by atoms with Crippen LogP contribution in [0.15, 0.2) is 12.4 Å². The van der Waals surface area contributed by atoms with Crippen LogP contribution in [0.5, 0.6) is 0 Å². The van der Waals surface area contributed by atoms with Gasteiger partial charge in [-0.3, -0.25) is 9.69 Å². The number of hydrogen-bond acceptors (Lipinski definition) is 4. The number of thioether (sulfide) groups is 1. The van der Waals surface area contributed by atoms with Crippen molar-refractivity contribution in [2.75, 3.05) is 37.7 Å². The molecule has 1 amide bonds. The van der Waals surface area contributed by atoms with Gasteiger partial charge in [0.25, 0.3) is 5.91 Å². The smallest absolute Gasteiger partial charge is 0.289 e. The predicted octanol–water partition coefficient (Wildman–Crippen LogP) is 1.06. The molecule has 0 aliphatic carbocycles. The van der Waals surface area contributed by atoms with Gasteiger partial charge in [-0.1, -0.05) is 0 Å². The van der Waals surface area contributed by atoms with Gasteiger partial charge in [-0.05, 0) is 12.8 Å². The van der Waals surface area contributed by atoms with E-state index in [9.17, 15) is 4.79 Å². The highest BCUT2D eigenvalue weighted by molar-refractivity contribution is 7.99. The van der Waals surface area contributed by atoms with Crippen molar-refractivity contribution in [1.29, 1.82) is 0 Å². The van der Waals surface area contributed by atoms with Gasteiger partial charge in [0.2, 0.25) is 0 Å². The predicted molar refractivity (Wildman–Crippen MR) is 76.4 cm³/mol. The third-order valence-corrected chi connectivity index (χ3v) is 4.96. The van der Waals surface area contributed by atoms with Crippen molar-refractivity contribution in [2.24, 2.45) is 0 Å². The van der Waals surface area contributed by atoms with E-state index in [0.717, 1.165) is 25.9 Å².